The average Bonchev–Trinajstić information content (AvgIpc) is 3.09. The van der Waals surface area contributed by atoms with E-state index in [4.69, 9.17) is 5.10 Å². The summed E-state index contributed by atoms with van der Waals surface area (Å²) >= 11 is 0. The van der Waals surface area contributed by atoms with Gasteiger partial charge >= 0.3 is 0 Å². The molecule has 2 unspecified atom stereocenters. The Labute approximate surface area is 182 Å². The molecule has 1 aromatic carbocycles. The predicted octanol–water partition coefficient (Wildman–Crippen LogP) is 3.96. The minimum absolute atomic E-state index is 0.297. The topological polar surface area (TPSA) is 83.5 Å². The number of fused-ring (bicyclic) bond motifs is 1. The van der Waals surface area contributed by atoms with Crippen molar-refractivity contribution in [1.82, 2.24) is 25.2 Å². The van der Waals surface area contributed by atoms with E-state index in [1.54, 1.807) is 11.0 Å². The molecule has 0 radical (unpaired) electrons. The Kier molecular flexibility index (Phi) is 5.21. The van der Waals surface area contributed by atoms with Crippen LogP contribution in [0, 0.1) is 24.2 Å². The van der Waals surface area contributed by atoms with E-state index in [2.05, 4.69) is 51.4 Å². The third-order valence-electron chi connectivity index (χ3n) is 6.26. The molecule has 2 bridgehead atoms. The van der Waals surface area contributed by atoms with Crippen LogP contribution < -0.4 is 4.90 Å². The molecule has 7 nitrogen and oxygen atoms in total. The number of tetrazole rings is 1. The van der Waals surface area contributed by atoms with Gasteiger partial charge in [0.1, 0.15) is 11.9 Å². The molecule has 2 aliphatic rings. The number of rotatable bonds is 3. The summed E-state index contributed by atoms with van der Waals surface area (Å²) in [4.78, 5) is 8.42. The summed E-state index contributed by atoms with van der Waals surface area (Å²) in [6.07, 6.45) is 8.26. The Bertz CT molecular complexity index is 1160. The van der Waals surface area contributed by atoms with Crippen molar-refractivity contribution in [1.29, 1.82) is 5.26 Å². The Balaban J connectivity index is 1.32. The van der Waals surface area contributed by atoms with Crippen molar-refractivity contribution in [2.75, 3.05) is 18.0 Å². The molecule has 0 spiro atoms. The zero-order valence-electron chi connectivity index (χ0n) is 17.6. The van der Waals surface area contributed by atoms with E-state index in [9.17, 15) is 5.26 Å². The third kappa shape index (κ3) is 4.06. The molecular formula is C24H25N7. The second-order valence-corrected chi connectivity index (χ2v) is 8.52. The summed E-state index contributed by atoms with van der Waals surface area (Å²) in [5, 5.41) is 22.9. The van der Waals surface area contributed by atoms with Gasteiger partial charge in [0.25, 0.3) is 0 Å². The Hall–Kier alpha value is -3.53. The van der Waals surface area contributed by atoms with Gasteiger partial charge in [-0.05, 0) is 73.6 Å². The van der Waals surface area contributed by atoms with Crippen molar-refractivity contribution in [3.05, 3.63) is 71.2 Å². The van der Waals surface area contributed by atoms with Gasteiger partial charge in [-0.3, -0.25) is 0 Å². The largest absolute Gasteiger partial charge is 0.355 e. The zero-order chi connectivity index (χ0) is 21.2. The summed E-state index contributed by atoms with van der Waals surface area (Å²) in [6.45, 7) is 3.84. The van der Waals surface area contributed by atoms with Gasteiger partial charge in [0.05, 0.1) is 11.3 Å². The van der Waals surface area contributed by atoms with Crippen molar-refractivity contribution in [3.8, 4) is 11.8 Å². The molecule has 1 aliphatic carbocycles. The van der Waals surface area contributed by atoms with E-state index in [1.165, 1.54) is 11.1 Å². The molecule has 3 heterocycles. The van der Waals surface area contributed by atoms with Gasteiger partial charge in [-0.2, -0.15) is 5.26 Å². The summed E-state index contributed by atoms with van der Waals surface area (Å²) < 4.78 is 0. The fourth-order valence-electron chi connectivity index (χ4n) is 4.70. The van der Waals surface area contributed by atoms with Gasteiger partial charge in [-0.1, -0.05) is 23.8 Å². The fraction of sp³-hybridized carbons (Fsp3) is 0.375. The average molecular weight is 412 g/mol. The van der Waals surface area contributed by atoms with Crippen molar-refractivity contribution in [2.45, 2.75) is 38.5 Å². The highest BCUT2D eigenvalue weighted by molar-refractivity contribution is 5.54. The number of aromatic nitrogens is 5. The number of nitrogens with zero attached hydrogens (tertiary/aromatic N) is 7. The molecule has 2 aromatic heterocycles. The van der Waals surface area contributed by atoms with E-state index in [0.717, 1.165) is 56.1 Å². The van der Waals surface area contributed by atoms with Gasteiger partial charge in [-0.15, -0.1) is 15.0 Å². The Morgan fingerprint density at radius 1 is 1.16 bits per heavy atom. The fourth-order valence-corrected chi connectivity index (χ4v) is 4.70. The van der Waals surface area contributed by atoms with Crippen LogP contribution >= 0.6 is 0 Å². The number of pyridine rings is 1. The first kappa shape index (κ1) is 19.4. The lowest BCUT2D eigenvalue weighted by atomic mass is 9.94. The van der Waals surface area contributed by atoms with Gasteiger partial charge in [0.15, 0.2) is 5.82 Å². The standard InChI is InChI=1S/C24H25N7/c1-17-4-2-6-22(12-17)31-28-23(27-29-31)20-8-7-19-13-18(14-20)9-11-30(16-19)24-21(15-25)5-3-10-26-24/h2-6,10,12-13,19-20H,7-9,11,14,16H2,1H3. The molecule has 0 fully saturated rings. The van der Waals surface area contributed by atoms with Crippen LogP contribution in [-0.2, 0) is 0 Å². The Morgan fingerprint density at radius 3 is 2.97 bits per heavy atom. The first-order valence-corrected chi connectivity index (χ1v) is 10.9. The van der Waals surface area contributed by atoms with Crippen molar-refractivity contribution >= 4 is 5.82 Å². The maximum atomic E-state index is 9.46. The molecule has 1 aliphatic heterocycles. The molecule has 7 heteroatoms. The molecule has 0 saturated heterocycles. The van der Waals surface area contributed by atoms with Crippen LogP contribution in [0.5, 0.6) is 0 Å². The maximum absolute atomic E-state index is 9.46. The van der Waals surface area contributed by atoms with Crippen LogP contribution in [0.15, 0.2) is 54.2 Å². The quantitative estimate of drug-likeness (QED) is 0.607. The highest BCUT2D eigenvalue weighted by Gasteiger charge is 2.28. The zero-order valence-corrected chi connectivity index (χ0v) is 17.6. The number of anilines is 1. The monoisotopic (exact) mass is 411 g/mol. The number of benzene rings is 1. The number of hydrogen-bond acceptors (Lipinski definition) is 6. The van der Waals surface area contributed by atoms with E-state index >= 15 is 0 Å². The summed E-state index contributed by atoms with van der Waals surface area (Å²) in [5.74, 6) is 2.39. The van der Waals surface area contributed by atoms with Gasteiger partial charge in [0.2, 0.25) is 0 Å². The maximum Gasteiger partial charge on any atom is 0.178 e. The molecule has 0 amide bonds. The minimum Gasteiger partial charge on any atom is -0.355 e. The number of aryl methyl sites for hydroxylation is 1. The lowest BCUT2D eigenvalue weighted by Crippen LogP contribution is -2.30. The molecule has 5 rings (SSSR count). The van der Waals surface area contributed by atoms with Crippen LogP contribution in [0.2, 0.25) is 0 Å². The first-order valence-electron chi connectivity index (χ1n) is 10.9. The lowest BCUT2D eigenvalue weighted by molar-refractivity contribution is 0.494. The smallest absolute Gasteiger partial charge is 0.178 e. The van der Waals surface area contributed by atoms with Crippen molar-refractivity contribution in [2.24, 2.45) is 5.92 Å². The van der Waals surface area contributed by atoms with Crippen LogP contribution in [0.3, 0.4) is 0 Å². The van der Waals surface area contributed by atoms with Crippen molar-refractivity contribution < 1.29 is 0 Å². The molecular weight excluding hydrogens is 386 g/mol. The second kappa shape index (κ2) is 8.31. The third-order valence-corrected chi connectivity index (χ3v) is 6.26. The van der Waals surface area contributed by atoms with Gasteiger partial charge < -0.3 is 4.90 Å². The first-order chi connectivity index (χ1) is 15.2. The van der Waals surface area contributed by atoms with Crippen LogP contribution in [-0.4, -0.2) is 38.3 Å². The summed E-state index contributed by atoms with van der Waals surface area (Å²) in [7, 11) is 0. The molecule has 0 saturated carbocycles. The normalized spacial score (nSPS) is 21.0. The molecule has 156 valence electrons. The van der Waals surface area contributed by atoms with E-state index < -0.39 is 0 Å². The number of nitriles is 1. The van der Waals surface area contributed by atoms with Crippen LogP contribution in [0.4, 0.5) is 5.82 Å². The number of hydrogen-bond donors (Lipinski definition) is 0. The lowest BCUT2D eigenvalue weighted by Gasteiger charge is -2.27. The molecule has 31 heavy (non-hydrogen) atoms. The predicted molar refractivity (Wildman–Crippen MR) is 118 cm³/mol. The minimum atomic E-state index is 0.297. The van der Waals surface area contributed by atoms with Crippen LogP contribution in [0.1, 0.15) is 48.6 Å². The summed E-state index contributed by atoms with van der Waals surface area (Å²) in [6, 6.07) is 14.1. The van der Waals surface area contributed by atoms with Gasteiger partial charge in [0, 0.05) is 25.2 Å². The van der Waals surface area contributed by atoms with E-state index in [0.29, 0.717) is 17.4 Å². The Morgan fingerprint density at radius 2 is 2.10 bits per heavy atom. The van der Waals surface area contributed by atoms with Crippen molar-refractivity contribution in [3.63, 3.8) is 0 Å². The van der Waals surface area contributed by atoms with Gasteiger partial charge in [-0.25, -0.2) is 4.98 Å². The highest BCUT2D eigenvalue weighted by Crippen LogP contribution is 2.36. The SMILES string of the molecule is Cc1cccc(-n2nnc(C3CCC4C=C(CCN(c5ncccc5C#N)C4)C3)n2)c1. The molecule has 3 aromatic rings. The molecule has 2 atom stereocenters. The summed E-state index contributed by atoms with van der Waals surface area (Å²) in [5.41, 5.74) is 4.23. The second-order valence-electron chi connectivity index (χ2n) is 8.52. The molecule has 0 N–H and O–H groups in total. The highest BCUT2D eigenvalue weighted by atomic mass is 15.6. The van der Waals surface area contributed by atoms with Crippen LogP contribution in [0.25, 0.3) is 5.69 Å². The van der Waals surface area contributed by atoms with E-state index in [1.807, 2.05) is 24.3 Å². The van der Waals surface area contributed by atoms with E-state index in [-0.39, 0.29) is 0 Å².